The smallest absolute Gasteiger partial charge is 0 e. The van der Waals surface area contributed by atoms with Crippen molar-refractivity contribution in [3.8, 4) is 0 Å². The first-order chi connectivity index (χ1) is 9.45. The van der Waals surface area contributed by atoms with Crippen molar-refractivity contribution in [1.82, 2.24) is 15.2 Å². The molecule has 0 aliphatic carbocycles. The van der Waals surface area contributed by atoms with Crippen LogP contribution in [0.5, 0.6) is 0 Å². The van der Waals surface area contributed by atoms with Crippen LogP contribution in [0.15, 0.2) is 73.3 Å². The Morgan fingerprint density at radius 3 is 1.85 bits per heavy atom. The van der Waals surface area contributed by atoms with Crippen LogP contribution in [0.1, 0.15) is 5.56 Å². The third-order valence-electron chi connectivity index (χ3n) is 2.35. The molecule has 3 aromatic rings. The van der Waals surface area contributed by atoms with Gasteiger partial charge >= 0.3 is 0 Å². The molecule has 0 N–H and O–H groups in total. The summed E-state index contributed by atoms with van der Waals surface area (Å²) in [5.74, 6) is 0. The molecule has 1 heterocycles. The van der Waals surface area contributed by atoms with Crippen LogP contribution in [0.25, 0.3) is 5.32 Å². The summed E-state index contributed by atoms with van der Waals surface area (Å²) in [6, 6.07) is 20.3. The molecule has 1 aromatic heterocycles. The number of rotatable bonds is 3. The van der Waals surface area contributed by atoms with Gasteiger partial charge in [-0.2, -0.15) is 0 Å². The summed E-state index contributed by atoms with van der Waals surface area (Å²) in [7, 11) is 0. The quantitative estimate of drug-likeness (QED) is 0.736. The number of nitrogens with zero attached hydrogens (tertiary/aromatic N) is 4. The standard InChI is InChI=1S/C13H12N.C2H2N3.Y/c1-3-7-12(8-4-1)11-14-13-9-5-2-6-10-13;1-3-2-5-4-1;/h1-10H,11H2;1-2H;/q2*-1;. The number of benzene rings is 2. The molecular formula is C15H14N4Y-2. The Bertz CT molecular complexity index is 484. The number of para-hydroxylation sites is 1. The molecule has 5 heteroatoms. The summed E-state index contributed by atoms with van der Waals surface area (Å²) in [5, 5.41) is 11.2. The number of hydrogen-bond donors (Lipinski definition) is 0. The third kappa shape index (κ3) is 6.59. The van der Waals surface area contributed by atoms with E-state index in [1.165, 1.54) is 18.2 Å². The molecule has 0 fully saturated rings. The summed E-state index contributed by atoms with van der Waals surface area (Å²) >= 11 is 0. The molecule has 2 aromatic carbocycles. The predicted octanol–water partition coefficient (Wildman–Crippen LogP) is 3.32. The van der Waals surface area contributed by atoms with Crippen LogP contribution >= 0.6 is 0 Å². The SMILES string of the molecule is [Y].c1ccc(C[N-]c2ccccc2)cc1.c1nnc[n-]1. The van der Waals surface area contributed by atoms with E-state index in [0.717, 1.165) is 12.2 Å². The fraction of sp³-hybridized carbons (Fsp3) is 0.0667. The molecule has 20 heavy (non-hydrogen) atoms. The first-order valence-electron chi connectivity index (χ1n) is 5.95. The van der Waals surface area contributed by atoms with Gasteiger partial charge in [-0.15, -0.1) is 12.2 Å². The van der Waals surface area contributed by atoms with Crippen molar-refractivity contribution >= 4 is 5.69 Å². The normalized spacial score (nSPS) is 8.80. The van der Waals surface area contributed by atoms with E-state index in [4.69, 9.17) is 0 Å². The van der Waals surface area contributed by atoms with Crippen LogP contribution in [0.3, 0.4) is 0 Å². The largest absolute Gasteiger partial charge is 0.681 e. The Labute approximate surface area is 143 Å². The molecule has 1 radical (unpaired) electrons. The molecule has 0 saturated heterocycles. The molecule has 0 amide bonds. The first kappa shape index (κ1) is 16.5. The molecule has 0 atom stereocenters. The minimum absolute atomic E-state index is 0. The fourth-order valence-corrected chi connectivity index (χ4v) is 1.45. The van der Waals surface area contributed by atoms with Crippen LogP contribution in [-0.2, 0) is 39.3 Å². The van der Waals surface area contributed by atoms with Gasteiger partial charge in [0.1, 0.15) is 0 Å². The molecule has 0 aliphatic rings. The minimum atomic E-state index is 0. The average Bonchev–Trinajstić information content (AvgIpc) is 3.07. The Balaban J connectivity index is 0.000000283. The molecule has 0 bridgehead atoms. The van der Waals surface area contributed by atoms with Gasteiger partial charge in [0.2, 0.25) is 0 Å². The molecule has 0 spiro atoms. The van der Waals surface area contributed by atoms with E-state index < -0.39 is 0 Å². The van der Waals surface area contributed by atoms with Gasteiger partial charge in [-0.25, -0.2) is 0 Å². The van der Waals surface area contributed by atoms with Gasteiger partial charge < -0.3 is 20.5 Å². The molecule has 3 rings (SSSR count). The number of hydrogen-bond acceptors (Lipinski definition) is 2. The zero-order chi connectivity index (χ0) is 13.2. The van der Waals surface area contributed by atoms with Crippen molar-refractivity contribution < 1.29 is 32.7 Å². The van der Waals surface area contributed by atoms with E-state index in [1.54, 1.807) is 0 Å². The van der Waals surface area contributed by atoms with E-state index in [2.05, 4.69) is 32.6 Å². The van der Waals surface area contributed by atoms with Crippen LogP contribution in [0, 0.1) is 0 Å². The Hall–Kier alpha value is -1.52. The zero-order valence-corrected chi connectivity index (χ0v) is 13.8. The molecule has 4 nitrogen and oxygen atoms in total. The van der Waals surface area contributed by atoms with Gasteiger partial charge in [0.05, 0.1) is 0 Å². The van der Waals surface area contributed by atoms with Gasteiger partial charge in [0.25, 0.3) is 0 Å². The van der Waals surface area contributed by atoms with Crippen molar-refractivity contribution in [2.24, 2.45) is 0 Å². The summed E-state index contributed by atoms with van der Waals surface area (Å²) in [6.45, 7) is 0.755. The summed E-state index contributed by atoms with van der Waals surface area (Å²) < 4.78 is 0. The molecule has 0 unspecified atom stereocenters. The van der Waals surface area contributed by atoms with Crippen LogP contribution in [0.2, 0.25) is 0 Å². The van der Waals surface area contributed by atoms with Gasteiger partial charge in [0, 0.05) is 32.7 Å². The van der Waals surface area contributed by atoms with Crippen molar-refractivity contribution in [2.75, 3.05) is 0 Å². The van der Waals surface area contributed by atoms with Crippen molar-refractivity contribution in [1.29, 1.82) is 0 Å². The average molecular weight is 339 g/mol. The van der Waals surface area contributed by atoms with Crippen molar-refractivity contribution in [3.05, 3.63) is 84.2 Å². The maximum Gasteiger partial charge on any atom is 0 e. The Morgan fingerprint density at radius 1 is 0.800 bits per heavy atom. The second kappa shape index (κ2) is 10.3. The Kier molecular flexibility index (Phi) is 8.51. The van der Waals surface area contributed by atoms with E-state index in [-0.39, 0.29) is 32.7 Å². The maximum atomic E-state index is 4.48. The Morgan fingerprint density at radius 2 is 1.35 bits per heavy atom. The van der Waals surface area contributed by atoms with E-state index in [9.17, 15) is 0 Å². The van der Waals surface area contributed by atoms with Crippen LogP contribution in [-0.4, -0.2) is 10.2 Å². The third-order valence-corrected chi connectivity index (χ3v) is 2.35. The van der Waals surface area contributed by atoms with E-state index in [1.807, 2.05) is 48.5 Å². The zero-order valence-electron chi connectivity index (χ0n) is 11.0. The fourth-order valence-electron chi connectivity index (χ4n) is 1.45. The van der Waals surface area contributed by atoms with E-state index >= 15 is 0 Å². The van der Waals surface area contributed by atoms with Crippen molar-refractivity contribution in [3.63, 3.8) is 0 Å². The first-order valence-corrected chi connectivity index (χ1v) is 5.95. The molecule has 99 valence electrons. The second-order valence-corrected chi connectivity index (χ2v) is 3.75. The van der Waals surface area contributed by atoms with Gasteiger partial charge in [0.15, 0.2) is 0 Å². The number of aromatic nitrogens is 3. The van der Waals surface area contributed by atoms with Gasteiger partial charge in [-0.1, -0.05) is 66.2 Å². The topological polar surface area (TPSA) is 54.0 Å². The van der Waals surface area contributed by atoms with Gasteiger partial charge in [-0.05, 0) is 12.7 Å². The summed E-state index contributed by atoms with van der Waals surface area (Å²) in [5.41, 5.74) is 2.28. The monoisotopic (exact) mass is 339 g/mol. The maximum absolute atomic E-state index is 4.48. The van der Waals surface area contributed by atoms with Crippen molar-refractivity contribution in [2.45, 2.75) is 6.54 Å². The van der Waals surface area contributed by atoms with E-state index in [0.29, 0.717) is 0 Å². The molecule has 0 saturated carbocycles. The second-order valence-electron chi connectivity index (χ2n) is 3.75. The van der Waals surface area contributed by atoms with Crippen LogP contribution in [0.4, 0.5) is 5.69 Å². The molecule has 0 aliphatic heterocycles. The summed E-state index contributed by atoms with van der Waals surface area (Å²) in [4.78, 5) is 3.50. The van der Waals surface area contributed by atoms with Gasteiger partial charge in [-0.3, -0.25) is 0 Å². The minimum Gasteiger partial charge on any atom is -0.681 e. The van der Waals surface area contributed by atoms with Crippen LogP contribution < -0.4 is 4.98 Å². The molecular weight excluding hydrogens is 325 g/mol. The predicted molar refractivity (Wildman–Crippen MR) is 75.0 cm³/mol. The summed E-state index contributed by atoms with van der Waals surface area (Å²) in [6.07, 6.45) is 2.78.